The number of thiophene rings is 1. The molecule has 0 fully saturated rings. The summed E-state index contributed by atoms with van der Waals surface area (Å²) in [6.07, 6.45) is 5.11. The van der Waals surface area contributed by atoms with Gasteiger partial charge < -0.3 is 4.57 Å². The fraction of sp³-hybridized carbons (Fsp3) is 0.200. The summed E-state index contributed by atoms with van der Waals surface area (Å²) in [6, 6.07) is 3.84. The van der Waals surface area contributed by atoms with Crippen LogP contribution in [0.4, 0.5) is 0 Å². The molecule has 3 nitrogen and oxygen atoms in total. The van der Waals surface area contributed by atoms with Crippen LogP contribution in [0.1, 0.15) is 14.5 Å². The highest BCUT2D eigenvalue weighted by Gasteiger charge is 2.07. The Balaban J connectivity index is 2.10. The number of ketones is 1. The fourth-order valence-corrected chi connectivity index (χ4v) is 2.01. The molecule has 0 spiro atoms. The van der Waals surface area contributed by atoms with E-state index in [9.17, 15) is 4.79 Å². The largest absolute Gasteiger partial charge is 0.330 e. The molecule has 0 amide bonds. The van der Waals surface area contributed by atoms with Gasteiger partial charge in [0.2, 0.25) is 0 Å². The minimum Gasteiger partial charge on any atom is -0.330 e. The average molecular weight is 206 g/mol. The third-order valence-corrected chi connectivity index (χ3v) is 2.94. The number of carbonyl (C=O) groups excluding carboxylic acids is 1. The van der Waals surface area contributed by atoms with Crippen LogP contribution in [-0.4, -0.2) is 15.3 Å². The van der Waals surface area contributed by atoms with Gasteiger partial charge in [-0.15, -0.1) is 11.3 Å². The van der Waals surface area contributed by atoms with Crippen LogP contribution in [0.5, 0.6) is 0 Å². The number of rotatable bonds is 3. The van der Waals surface area contributed by atoms with Gasteiger partial charge in [-0.3, -0.25) is 4.79 Å². The maximum Gasteiger partial charge on any atom is 0.192 e. The van der Waals surface area contributed by atoms with Gasteiger partial charge in [-0.1, -0.05) is 0 Å². The normalized spacial score (nSPS) is 10.4. The van der Waals surface area contributed by atoms with Crippen molar-refractivity contribution in [2.24, 2.45) is 0 Å². The summed E-state index contributed by atoms with van der Waals surface area (Å²) in [5, 5.41) is 0. The number of Topliss-reactive ketones (excluding diaryl/α,β-unsaturated/α-hetero) is 1. The van der Waals surface area contributed by atoms with Gasteiger partial charge >= 0.3 is 0 Å². The van der Waals surface area contributed by atoms with Crippen molar-refractivity contribution >= 4 is 17.1 Å². The molecule has 2 aromatic rings. The second-order valence-corrected chi connectivity index (χ2v) is 4.36. The summed E-state index contributed by atoms with van der Waals surface area (Å²) in [5.74, 6) is 0.140. The van der Waals surface area contributed by atoms with Crippen LogP contribution in [0.25, 0.3) is 0 Å². The molecule has 0 aliphatic carbocycles. The fourth-order valence-electron chi connectivity index (χ4n) is 1.21. The van der Waals surface area contributed by atoms with Gasteiger partial charge in [0.1, 0.15) is 0 Å². The standard InChI is InChI=1S/C10H10N2OS/c1-8-2-3-10(14-8)9(13)6-12-5-4-11-7-12/h2-5,7H,6H2,1H3. The Hall–Kier alpha value is -1.42. The van der Waals surface area contributed by atoms with Crippen LogP contribution < -0.4 is 0 Å². The van der Waals surface area contributed by atoms with Gasteiger partial charge in [-0.25, -0.2) is 4.98 Å². The van der Waals surface area contributed by atoms with Gasteiger partial charge in [0.15, 0.2) is 5.78 Å². The lowest BCUT2D eigenvalue weighted by molar-refractivity contribution is 0.0976. The molecule has 72 valence electrons. The number of aromatic nitrogens is 2. The Morgan fingerprint density at radius 2 is 2.43 bits per heavy atom. The molecule has 0 radical (unpaired) electrons. The van der Waals surface area contributed by atoms with Crippen molar-refractivity contribution in [3.63, 3.8) is 0 Å². The molecule has 0 aliphatic heterocycles. The average Bonchev–Trinajstić information content (AvgIpc) is 2.75. The van der Waals surface area contributed by atoms with Crippen molar-refractivity contribution in [3.05, 3.63) is 40.6 Å². The number of hydrogen-bond donors (Lipinski definition) is 0. The van der Waals surface area contributed by atoms with E-state index in [2.05, 4.69) is 4.98 Å². The first-order valence-electron chi connectivity index (χ1n) is 4.31. The summed E-state index contributed by atoms with van der Waals surface area (Å²) in [5.41, 5.74) is 0. The van der Waals surface area contributed by atoms with Crippen molar-refractivity contribution < 1.29 is 4.79 Å². The lowest BCUT2D eigenvalue weighted by Crippen LogP contribution is -2.06. The first-order chi connectivity index (χ1) is 6.75. The molecule has 0 saturated carbocycles. The maximum atomic E-state index is 11.7. The molecule has 14 heavy (non-hydrogen) atoms. The van der Waals surface area contributed by atoms with Crippen LogP contribution in [0.3, 0.4) is 0 Å². The Bertz CT molecular complexity index is 431. The molecule has 0 aliphatic rings. The van der Waals surface area contributed by atoms with E-state index < -0.39 is 0 Å². The van der Waals surface area contributed by atoms with Crippen LogP contribution in [0, 0.1) is 6.92 Å². The highest BCUT2D eigenvalue weighted by atomic mass is 32.1. The van der Waals surface area contributed by atoms with E-state index >= 15 is 0 Å². The predicted octanol–water partition coefficient (Wildman–Crippen LogP) is 2.14. The second kappa shape index (κ2) is 3.75. The van der Waals surface area contributed by atoms with Crippen LogP contribution in [0.2, 0.25) is 0 Å². The SMILES string of the molecule is Cc1ccc(C(=O)Cn2ccnc2)s1. The Kier molecular flexibility index (Phi) is 2.45. The molecule has 2 heterocycles. The minimum absolute atomic E-state index is 0.140. The van der Waals surface area contributed by atoms with E-state index in [1.807, 2.05) is 19.1 Å². The zero-order valence-corrected chi connectivity index (χ0v) is 8.62. The topological polar surface area (TPSA) is 34.9 Å². The van der Waals surface area contributed by atoms with Crippen LogP contribution >= 0.6 is 11.3 Å². The molecular weight excluding hydrogens is 196 g/mol. The quantitative estimate of drug-likeness (QED) is 0.721. The molecule has 0 atom stereocenters. The Morgan fingerprint density at radius 3 is 3.00 bits per heavy atom. The summed E-state index contributed by atoms with van der Waals surface area (Å²) in [7, 11) is 0. The van der Waals surface area contributed by atoms with Crippen molar-refractivity contribution in [2.75, 3.05) is 0 Å². The molecule has 0 unspecified atom stereocenters. The van der Waals surface area contributed by atoms with Crippen molar-refractivity contribution in [3.8, 4) is 0 Å². The Labute approximate surface area is 86.0 Å². The smallest absolute Gasteiger partial charge is 0.192 e. The second-order valence-electron chi connectivity index (χ2n) is 3.07. The molecule has 2 aromatic heterocycles. The van der Waals surface area contributed by atoms with E-state index in [4.69, 9.17) is 0 Å². The highest BCUT2D eigenvalue weighted by Crippen LogP contribution is 2.16. The lowest BCUT2D eigenvalue weighted by Gasteiger charge is -1.98. The van der Waals surface area contributed by atoms with E-state index in [-0.39, 0.29) is 5.78 Å². The first-order valence-corrected chi connectivity index (χ1v) is 5.13. The molecule has 2 rings (SSSR count). The molecule has 0 bridgehead atoms. The molecule has 0 saturated heterocycles. The van der Waals surface area contributed by atoms with Crippen molar-refractivity contribution in [2.45, 2.75) is 13.5 Å². The summed E-state index contributed by atoms with van der Waals surface area (Å²) in [6.45, 7) is 2.37. The summed E-state index contributed by atoms with van der Waals surface area (Å²) < 4.78 is 1.78. The number of carbonyl (C=O) groups is 1. The van der Waals surface area contributed by atoms with Gasteiger partial charge in [0.05, 0.1) is 17.7 Å². The van der Waals surface area contributed by atoms with Gasteiger partial charge in [-0.05, 0) is 19.1 Å². The number of imidazole rings is 1. The summed E-state index contributed by atoms with van der Waals surface area (Å²) in [4.78, 5) is 17.6. The number of hydrogen-bond acceptors (Lipinski definition) is 3. The van der Waals surface area contributed by atoms with Gasteiger partial charge in [0.25, 0.3) is 0 Å². The zero-order valence-electron chi connectivity index (χ0n) is 7.80. The van der Waals surface area contributed by atoms with Crippen molar-refractivity contribution in [1.29, 1.82) is 0 Å². The third kappa shape index (κ3) is 1.90. The predicted molar refractivity (Wildman–Crippen MR) is 55.6 cm³/mol. The maximum absolute atomic E-state index is 11.7. The summed E-state index contributed by atoms with van der Waals surface area (Å²) >= 11 is 1.53. The molecule has 0 N–H and O–H groups in total. The van der Waals surface area contributed by atoms with E-state index in [0.717, 1.165) is 4.88 Å². The zero-order chi connectivity index (χ0) is 9.97. The van der Waals surface area contributed by atoms with E-state index in [1.54, 1.807) is 23.3 Å². The Morgan fingerprint density at radius 1 is 1.57 bits per heavy atom. The van der Waals surface area contributed by atoms with Crippen LogP contribution in [-0.2, 0) is 6.54 Å². The first kappa shape index (κ1) is 9.15. The molecule has 0 aromatic carbocycles. The van der Waals surface area contributed by atoms with E-state index in [0.29, 0.717) is 6.54 Å². The number of nitrogens with zero attached hydrogens (tertiary/aromatic N) is 2. The molecule has 4 heteroatoms. The van der Waals surface area contributed by atoms with Gasteiger partial charge in [-0.2, -0.15) is 0 Å². The molecular formula is C10H10N2OS. The monoisotopic (exact) mass is 206 g/mol. The number of aryl methyl sites for hydroxylation is 1. The lowest BCUT2D eigenvalue weighted by atomic mass is 10.3. The highest BCUT2D eigenvalue weighted by molar-refractivity contribution is 7.14. The third-order valence-electron chi connectivity index (χ3n) is 1.90. The van der Waals surface area contributed by atoms with E-state index in [1.165, 1.54) is 16.2 Å². The van der Waals surface area contributed by atoms with Gasteiger partial charge in [0, 0.05) is 17.3 Å². The van der Waals surface area contributed by atoms with Crippen molar-refractivity contribution in [1.82, 2.24) is 9.55 Å². The van der Waals surface area contributed by atoms with Crippen LogP contribution in [0.15, 0.2) is 30.9 Å². The minimum atomic E-state index is 0.140.